The molecule has 0 fully saturated rings. The van der Waals surface area contributed by atoms with Crippen LogP contribution in [0.2, 0.25) is 0 Å². The molecule has 2 aliphatic carbocycles. The van der Waals surface area contributed by atoms with E-state index >= 15 is 0 Å². The fourth-order valence-electron chi connectivity index (χ4n) is 7.26. The zero-order valence-electron chi connectivity index (χ0n) is 21.1. The lowest BCUT2D eigenvalue weighted by molar-refractivity contribution is 0.744. The quantitative estimate of drug-likeness (QED) is 0.213. The standard InChI is InChI=1S/C37H22N2/c1-2-11-23(12-3-1)24-16-10-20-32-33(24)28-21-22-38-35-27-15-6-9-19-31(27)37(36(39-32)34(28)35)29-17-7-4-13-25(29)26-14-5-8-18-30(26)37/h1-22H. The highest BCUT2D eigenvalue weighted by Crippen LogP contribution is 2.61. The molecule has 2 aromatic heterocycles. The molecule has 0 radical (unpaired) electrons. The van der Waals surface area contributed by atoms with Crippen molar-refractivity contribution in [1.82, 2.24) is 9.97 Å². The summed E-state index contributed by atoms with van der Waals surface area (Å²) in [5.41, 5.74) is 12.6. The van der Waals surface area contributed by atoms with Gasteiger partial charge in [-0.05, 0) is 56.5 Å². The maximum Gasteiger partial charge on any atom is 0.0899 e. The molecule has 0 unspecified atom stereocenters. The monoisotopic (exact) mass is 494 g/mol. The lowest BCUT2D eigenvalue weighted by Gasteiger charge is -2.38. The van der Waals surface area contributed by atoms with Crippen LogP contribution < -0.4 is 0 Å². The summed E-state index contributed by atoms with van der Waals surface area (Å²) in [6, 6.07) is 45.9. The summed E-state index contributed by atoms with van der Waals surface area (Å²) in [5, 5.41) is 3.54. The molecular weight excluding hydrogens is 472 g/mol. The number of hydrogen-bond donors (Lipinski definition) is 0. The maximum atomic E-state index is 5.61. The molecule has 2 aliphatic rings. The number of nitrogens with zero attached hydrogens (tertiary/aromatic N) is 2. The lowest BCUT2D eigenvalue weighted by atomic mass is 9.64. The molecule has 2 nitrogen and oxygen atoms in total. The molecular formula is C37H22N2. The molecule has 0 saturated carbocycles. The topological polar surface area (TPSA) is 25.8 Å². The van der Waals surface area contributed by atoms with Crippen LogP contribution in [0.5, 0.6) is 0 Å². The molecule has 5 aromatic carbocycles. The van der Waals surface area contributed by atoms with Crippen LogP contribution in [0.3, 0.4) is 0 Å². The Morgan fingerprint density at radius 2 is 1.05 bits per heavy atom. The van der Waals surface area contributed by atoms with Crippen molar-refractivity contribution in [3.8, 4) is 33.5 Å². The molecule has 0 atom stereocenters. The van der Waals surface area contributed by atoms with Gasteiger partial charge in [-0.2, -0.15) is 0 Å². The second-order valence-corrected chi connectivity index (χ2v) is 10.5. The third-order valence-corrected chi connectivity index (χ3v) is 8.71. The fourth-order valence-corrected chi connectivity index (χ4v) is 7.26. The van der Waals surface area contributed by atoms with Crippen molar-refractivity contribution in [2.45, 2.75) is 5.41 Å². The molecule has 7 aromatic rings. The van der Waals surface area contributed by atoms with Gasteiger partial charge in [-0.1, -0.05) is 115 Å². The largest absolute Gasteiger partial charge is 0.256 e. The van der Waals surface area contributed by atoms with Gasteiger partial charge in [0.1, 0.15) is 0 Å². The van der Waals surface area contributed by atoms with Gasteiger partial charge in [0.05, 0.1) is 22.3 Å². The fraction of sp³-hybridized carbons (Fsp3) is 0.0270. The third-order valence-electron chi connectivity index (χ3n) is 8.71. The zero-order chi connectivity index (χ0) is 25.6. The molecule has 2 heteroatoms. The van der Waals surface area contributed by atoms with Gasteiger partial charge < -0.3 is 0 Å². The van der Waals surface area contributed by atoms with E-state index in [0.29, 0.717) is 0 Å². The number of fused-ring (bicyclic) bond motifs is 11. The molecule has 39 heavy (non-hydrogen) atoms. The van der Waals surface area contributed by atoms with E-state index in [1.165, 1.54) is 55.3 Å². The zero-order valence-corrected chi connectivity index (χ0v) is 21.1. The summed E-state index contributed by atoms with van der Waals surface area (Å²) in [6.07, 6.45) is 1.97. The molecule has 9 rings (SSSR count). The third kappa shape index (κ3) is 2.51. The van der Waals surface area contributed by atoms with Crippen LogP contribution in [-0.2, 0) is 5.41 Å². The van der Waals surface area contributed by atoms with Gasteiger partial charge in [-0.25, -0.2) is 0 Å². The summed E-state index contributed by atoms with van der Waals surface area (Å²) in [7, 11) is 0. The highest BCUT2D eigenvalue weighted by molar-refractivity contribution is 6.18. The van der Waals surface area contributed by atoms with E-state index in [2.05, 4.69) is 127 Å². The van der Waals surface area contributed by atoms with Crippen LogP contribution in [0, 0.1) is 0 Å². The minimum Gasteiger partial charge on any atom is -0.256 e. The summed E-state index contributed by atoms with van der Waals surface area (Å²) in [4.78, 5) is 10.6. The first-order chi connectivity index (χ1) is 19.4. The highest BCUT2D eigenvalue weighted by Gasteiger charge is 2.51. The molecule has 0 saturated heterocycles. The number of pyridine rings is 2. The van der Waals surface area contributed by atoms with Gasteiger partial charge in [-0.15, -0.1) is 0 Å². The second-order valence-electron chi connectivity index (χ2n) is 10.5. The van der Waals surface area contributed by atoms with Gasteiger partial charge in [0.2, 0.25) is 0 Å². The van der Waals surface area contributed by atoms with E-state index in [1.54, 1.807) is 0 Å². The Kier molecular flexibility index (Phi) is 4.02. The Balaban J connectivity index is 1.54. The number of benzene rings is 5. The van der Waals surface area contributed by atoms with E-state index in [9.17, 15) is 0 Å². The summed E-state index contributed by atoms with van der Waals surface area (Å²) < 4.78 is 0. The van der Waals surface area contributed by atoms with Crippen molar-refractivity contribution in [1.29, 1.82) is 0 Å². The Morgan fingerprint density at radius 3 is 1.77 bits per heavy atom. The van der Waals surface area contributed by atoms with Gasteiger partial charge in [-0.3, -0.25) is 9.97 Å². The van der Waals surface area contributed by atoms with Crippen molar-refractivity contribution in [3.63, 3.8) is 0 Å². The van der Waals surface area contributed by atoms with Crippen LogP contribution in [0.15, 0.2) is 134 Å². The Morgan fingerprint density at radius 1 is 0.462 bits per heavy atom. The summed E-state index contributed by atoms with van der Waals surface area (Å²) in [6.45, 7) is 0. The van der Waals surface area contributed by atoms with E-state index in [4.69, 9.17) is 9.97 Å². The van der Waals surface area contributed by atoms with E-state index in [1.807, 2.05) is 6.20 Å². The average molecular weight is 495 g/mol. The Labute approximate surface area is 226 Å². The Bertz CT molecular complexity index is 2080. The predicted octanol–water partition coefficient (Wildman–Crippen LogP) is 8.79. The van der Waals surface area contributed by atoms with Crippen LogP contribution in [-0.4, -0.2) is 9.97 Å². The smallest absolute Gasteiger partial charge is 0.0899 e. The summed E-state index contributed by atoms with van der Waals surface area (Å²) >= 11 is 0. The minimum atomic E-state index is -0.519. The summed E-state index contributed by atoms with van der Waals surface area (Å²) in [5.74, 6) is 0. The first-order valence-corrected chi connectivity index (χ1v) is 13.4. The molecule has 2 heterocycles. The van der Waals surface area contributed by atoms with Crippen LogP contribution in [0.1, 0.15) is 22.4 Å². The van der Waals surface area contributed by atoms with Crippen molar-refractivity contribution in [2.75, 3.05) is 0 Å². The lowest BCUT2D eigenvalue weighted by Crippen LogP contribution is -2.33. The molecule has 0 amide bonds. The van der Waals surface area contributed by atoms with E-state index < -0.39 is 5.41 Å². The highest BCUT2D eigenvalue weighted by atomic mass is 14.8. The number of aromatic nitrogens is 2. The first-order valence-electron chi connectivity index (χ1n) is 13.4. The van der Waals surface area contributed by atoms with Gasteiger partial charge in [0.25, 0.3) is 0 Å². The van der Waals surface area contributed by atoms with Crippen molar-refractivity contribution >= 4 is 21.7 Å². The normalized spacial score (nSPS) is 13.8. The van der Waals surface area contributed by atoms with Crippen molar-refractivity contribution < 1.29 is 0 Å². The van der Waals surface area contributed by atoms with E-state index in [0.717, 1.165) is 22.3 Å². The maximum absolute atomic E-state index is 5.61. The molecule has 180 valence electrons. The molecule has 0 aliphatic heterocycles. The Hall–Kier alpha value is -5.08. The van der Waals surface area contributed by atoms with Crippen LogP contribution in [0.25, 0.3) is 55.2 Å². The molecule has 1 spiro atoms. The van der Waals surface area contributed by atoms with Crippen LogP contribution in [0.4, 0.5) is 0 Å². The van der Waals surface area contributed by atoms with Crippen molar-refractivity contribution in [2.24, 2.45) is 0 Å². The predicted molar refractivity (Wildman–Crippen MR) is 159 cm³/mol. The minimum absolute atomic E-state index is 0.519. The SMILES string of the molecule is c1ccc(-c2cccc3nc4c5c(nccc5c23)-c2ccccc2C42c3ccccc3-c3ccccc32)cc1. The molecule has 0 bridgehead atoms. The van der Waals surface area contributed by atoms with Gasteiger partial charge in [0.15, 0.2) is 0 Å². The average Bonchev–Trinajstić information content (AvgIpc) is 3.31. The van der Waals surface area contributed by atoms with Gasteiger partial charge >= 0.3 is 0 Å². The van der Waals surface area contributed by atoms with Crippen LogP contribution >= 0.6 is 0 Å². The van der Waals surface area contributed by atoms with E-state index in [-0.39, 0.29) is 0 Å². The van der Waals surface area contributed by atoms with Gasteiger partial charge in [0, 0.05) is 22.5 Å². The number of rotatable bonds is 1. The number of hydrogen-bond acceptors (Lipinski definition) is 2. The molecule has 0 N–H and O–H groups in total. The second kappa shape index (κ2) is 7.49. The first kappa shape index (κ1) is 20.9. The van der Waals surface area contributed by atoms with Crippen molar-refractivity contribution in [3.05, 3.63) is 156 Å².